The van der Waals surface area contributed by atoms with E-state index in [-0.39, 0.29) is 16.3 Å². The molecular weight excluding hydrogens is 457 g/mol. The summed E-state index contributed by atoms with van der Waals surface area (Å²) in [6.45, 7) is 1.13. The molecule has 0 radical (unpaired) electrons. The van der Waals surface area contributed by atoms with Gasteiger partial charge in [0.15, 0.2) is 5.69 Å². The Morgan fingerprint density at radius 2 is 1.61 bits per heavy atom. The lowest BCUT2D eigenvalue weighted by Gasteiger charge is -2.10. The van der Waals surface area contributed by atoms with Gasteiger partial charge >= 0.3 is 6.18 Å². The summed E-state index contributed by atoms with van der Waals surface area (Å²) in [6.07, 6.45) is -4.66. The molecule has 3 aromatic carbocycles. The third kappa shape index (κ3) is 4.73. The molecule has 7 nitrogen and oxygen atoms in total. The molecule has 0 spiro atoms. The van der Waals surface area contributed by atoms with Gasteiger partial charge in [0.25, 0.3) is 10.0 Å². The van der Waals surface area contributed by atoms with Crippen LogP contribution < -0.4 is 10.3 Å². The highest BCUT2D eigenvalue weighted by Gasteiger charge is 2.35. The number of fused-ring (bicyclic) bond motifs is 1. The predicted molar refractivity (Wildman–Crippen MR) is 116 cm³/mol. The predicted octanol–water partition coefficient (Wildman–Crippen LogP) is 4.04. The Hall–Kier alpha value is -3.70. The Bertz CT molecular complexity index is 1450. The van der Waals surface area contributed by atoms with Gasteiger partial charge in [-0.15, -0.1) is 4.83 Å². The molecule has 1 heterocycles. The molecule has 0 atom stereocenters. The Kier molecular flexibility index (Phi) is 5.68. The number of alkyl halides is 3. The van der Waals surface area contributed by atoms with E-state index < -0.39 is 27.8 Å². The van der Waals surface area contributed by atoms with Gasteiger partial charge < -0.3 is 0 Å². The minimum atomic E-state index is -4.66. The summed E-state index contributed by atoms with van der Waals surface area (Å²) in [5, 5.41) is 5.51. The third-order valence-electron chi connectivity index (χ3n) is 4.80. The lowest BCUT2D eigenvalue weighted by atomic mass is 10.0. The van der Waals surface area contributed by atoms with Crippen LogP contribution >= 0.6 is 0 Å². The summed E-state index contributed by atoms with van der Waals surface area (Å²) in [4.78, 5) is 12.7. The molecule has 170 valence electrons. The lowest BCUT2D eigenvalue weighted by molar-refractivity contribution is -0.141. The first-order valence-corrected chi connectivity index (χ1v) is 11.1. The summed E-state index contributed by atoms with van der Waals surface area (Å²) < 4.78 is 65.9. The summed E-state index contributed by atoms with van der Waals surface area (Å²) >= 11 is 0. The average Bonchev–Trinajstić information content (AvgIpc) is 3.24. The van der Waals surface area contributed by atoms with Crippen LogP contribution in [0.3, 0.4) is 0 Å². The number of carbonyl (C=O) groups is 1. The number of hydrazine groups is 1. The number of aromatic nitrogens is 2. The number of amides is 1. The fourth-order valence-corrected chi connectivity index (χ4v) is 4.13. The molecule has 33 heavy (non-hydrogen) atoms. The van der Waals surface area contributed by atoms with Gasteiger partial charge in [0.05, 0.1) is 16.3 Å². The van der Waals surface area contributed by atoms with Crippen molar-refractivity contribution in [1.82, 2.24) is 20.0 Å². The second-order valence-corrected chi connectivity index (χ2v) is 8.85. The second kappa shape index (κ2) is 8.34. The maximum absolute atomic E-state index is 13.4. The van der Waals surface area contributed by atoms with Gasteiger partial charge in [-0.3, -0.25) is 10.2 Å². The highest BCUT2D eigenvalue weighted by Crippen LogP contribution is 2.34. The molecule has 0 aliphatic heterocycles. The van der Waals surface area contributed by atoms with Gasteiger partial charge in [0, 0.05) is 12.5 Å². The van der Waals surface area contributed by atoms with Crippen molar-refractivity contribution in [2.45, 2.75) is 18.0 Å². The molecule has 0 saturated heterocycles. The molecule has 0 unspecified atom stereocenters. The molecule has 4 aromatic rings. The van der Waals surface area contributed by atoms with Gasteiger partial charge in [0.2, 0.25) is 5.91 Å². The van der Waals surface area contributed by atoms with E-state index in [2.05, 4.69) is 5.10 Å². The smallest absolute Gasteiger partial charge is 0.278 e. The molecule has 0 aliphatic carbocycles. The number of nitrogens with zero attached hydrogens (tertiary/aromatic N) is 2. The minimum absolute atomic E-state index is 0.185. The van der Waals surface area contributed by atoms with E-state index in [9.17, 15) is 26.4 Å². The van der Waals surface area contributed by atoms with Crippen LogP contribution in [0.5, 0.6) is 0 Å². The number of sulfonamides is 1. The van der Waals surface area contributed by atoms with Crippen molar-refractivity contribution in [3.63, 3.8) is 0 Å². The van der Waals surface area contributed by atoms with Crippen LogP contribution in [0.4, 0.5) is 13.2 Å². The molecular formula is C22H17F3N4O3S. The van der Waals surface area contributed by atoms with E-state index in [0.717, 1.165) is 28.4 Å². The molecule has 0 aliphatic rings. The Morgan fingerprint density at radius 1 is 0.939 bits per heavy atom. The van der Waals surface area contributed by atoms with E-state index in [1.54, 1.807) is 18.2 Å². The summed E-state index contributed by atoms with van der Waals surface area (Å²) in [7, 11) is -4.05. The first-order valence-electron chi connectivity index (χ1n) is 9.60. The molecule has 1 aromatic heterocycles. The van der Waals surface area contributed by atoms with Crippen LogP contribution in [0, 0.1) is 0 Å². The standard InChI is InChI=1S/C22H17F3N4O3S/c1-14(30)26-28-33(31,32)19-10-8-18(9-11-19)29-20(13-21(27-29)22(23,24)25)17-7-6-15-4-2-3-5-16(15)12-17/h2-13,28H,1H3,(H,26,30). The van der Waals surface area contributed by atoms with Crippen LogP contribution in [-0.2, 0) is 21.0 Å². The Labute approximate surface area is 186 Å². The summed E-state index contributed by atoms with van der Waals surface area (Å²) in [5.41, 5.74) is 1.84. The number of rotatable bonds is 5. The molecule has 2 N–H and O–H groups in total. The quantitative estimate of drug-likeness (QED) is 0.427. The van der Waals surface area contributed by atoms with Crippen LogP contribution in [0.25, 0.3) is 27.7 Å². The Balaban J connectivity index is 1.78. The van der Waals surface area contributed by atoms with Crippen molar-refractivity contribution < 1.29 is 26.4 Å². The fourth-order valence-electron chi connectivity index (χ4n) is 3.24. The van der Waals surface area contributed by atoms with Crippen LogP contribution in [0.15, 0.2) is 77.7 Å². The lowest BCUT2D eigenvalue weighted by Crippen LogP contribution is -2.40. The monoisotopic (exact) mass is 474 g/mol. The molecule has 0 saturated carbocycles. The second-order valence-electron chi connectivity index (χ2n) is 7.17. The number of hydrogen-bond acceptors (Lipinski definition) is 4. The number of hydrogen-bond donors (Lipinski definition) is 2. The van der Waals surface area contributed by atoms with Gasteiger partial charge in [0.1, 0.15) is 0 Å². The zero-order chi connectivity index (χ0) is 23.8. The molecule has 11 heteroatoms. The number of halogens is 3. The molecule has 4 rings (SSSR count). The van der Waals surface area contributed by atoms with Crippen molar-refractivity contribution in [2.24, 2.45) is 0 Å². The molecule has 1 amide bonds. The van der Waals surface area contributed by atoms with Gasteiger partial charge in [-0.1, -0.05) is 36.4 Å². The van der Waals surface area contributed by atoms with E-state index in [1.807, 2.05) is 34.5 Å². The van der Waals surface area contributed by atoms with Crippen molar-refractivity contribution in [1.29, 1.82) is 0 Å². The van der Waals surface area contributed by atoms with Crippen molar-refractivity contribution >= 4 is 26.7 Å². The van der Waals surface area contributed by atoms with E-state index >= 15 is 0 Å². The molecule has 0 fully saturated rings. The maximum atomic E-state index is 13.4. The Morgan fingerprint density at radius 3 is 2.24 bits per heavy atom. The van der Waals surface area contributed by atoms with Gasteiger partial charge in [-0.05, 0) is 47.2 Å². The van der Waals surface area contributed by atoms with Gasteiger partial charge in [-0.2, -0.15) is 18.3 Å². The minimum Gasteiger partial charge on any atom is -0.278 e. The first kappa shape index (κ1) is 22.5. The normalized spacial score (nSPS) is 12.1. The summed E-state index contributed by atoms with van der Waals surface area (Å²) in [5.74, 6) is -0.605. The maximum Gasteiger partial charge on any atom is 0.435 e. The van der Waals surface area contributed by atoms with Crippen LogP contribution in [-0.4, -0.2) is 24.1 Å². The number of nitrogens with one attached hydrogen (secondary N) is 2. The van der Waals surface area contributed by atoms with E-state index in [4.69, 9.17) is 0 Å². The first-order chi connectivity index (χ1) is 15.5. The number of carbonyl (C=O) groups excluding carboxylic acids is 1. The zero-order valence-electron chi connectivity index (χ0n) is 17.1. The van der Waals surface area contributed by atoms with Crippen molar-refractivity contribution in [3.8, 4) is 16.9 Å². The zero-order valence-corrected chi connectivity index (χ0v) is 17.9. The number of benzene rings is 3. The van der Waals surface area contributed by atoms with Crippen molar-refractivity contribution in [3.05, 3.63) is 78.5 Å². The topological polar surface area (TPSA) is 93.1 Å². The largest absolute Gasteiger partial charge is 0.435 e. The van der Waals surface area contributed by atoms with E-state index in [0.29, 0.717) is 5.56 Å². The van der Waals surface area contributed by atoms with Crippen LogP contribution in [0.2, 0.25) is 0 Å². The third-order valence-corrected chi connectivity index (χ3v) is 6.06. The van der Waals surface area contributed by atoms with Crippen molar-refractivity contribution in [2.75, 3.05) is 0 Å². The highest BCUT2D eigenvalue weighted by atomic mass is 32.2. The summed E-state index contributed by atoms with van der Waals surface area (Å²) in [6, 6.07) is 18.7. The van der Waals surface area contributed by atoms with E-state index in [1.165, 1.54) is 24.3 Å². The van der Waals surface area contributed by atoms with Crippen LogP contribution in [0.1, 0.15) is 12.6 Å². The highest BCUT2D eigenvalue weighted by molar-refractivity contribution is 7.89. The SMILES string of the molecule is CC(=O)NNS(=O)(=O)c1ccc(-n2nc(C(F)(F)F)cc2-c2ccc3ccccc3c2)cc1. The average molecular weight is 474 g/mol. The fraction of sp³-hybridized carbons (Fsp3) is 0.0909. The molecule has 0 bridgehead atoms. The van der Waals surface area contributed by atoms with Gasteiger partial charge in [-0.25, -0.2) is 13.1 Å².